The lowest BCUT2D eigenvalue weighted by atomic mass is 10.2. The topological polar surface area (TPSA) is 65.0 Å². The van der Waals surface area contributed by atoms with Crippen molar-refractivity contribution < 1.29 is 24.1 Å². The molecule has 106 valence electrons. The number of benzene rings is 1. The summed E-state index contributed by atoms with van der Waals surface area (Å²) >= 11 is 0. The van der Waals surface area contributed by atoms with Crippen LogP contribution < -0.4 is 9.47 Å². The highest BCUT2D eigenvalue weighted by Gasteiger charge is 2.11. The maximum atomic E-state index is 11.4. The first-order chi connectivity index (χ1) is 9.22. The Bertz CT molecular complexity index is 403. The van der Waals surface area contributed by atoms with Crippen LogP contribution in [0.2, 0.25) is 0 Å². The van der Waals surface area contributed by atoms with Gasteiger partial charge >= 0.3 is 5.97 Å². The number of rotatable bonds is 8. The van der Waals surface area contributed by atoms with Crippen molar-refractivity contribution in [2.24, 2.45) is 0 Å². The van der Waals surface area contributed by atoms with Gasteiger partial charge in [0.15, 0.2) is 11.5 Å². The SMILES string of the molecule is COC(=O)c1ccc(OCCCCCO)c(OC)c1. The van der Waals surface area contributed by atoms with E-state index in [4.69, 9.17) is 14.6 Å². The van der Waals surface area contributed by atoms with Crippen LogP contribution >= 0.6 is 0 Å². The molecule has 0 heterocycles. The minimum absolute atomic E-state index is 0.206. The lowest BCUT2D eigenvalue weighted by molar-refractivity contribution is 0.0600. The van der Waals surface area contributed by atoms with Crippen molar-refractivity contribution in [3.05, 3.63) is 23.8 Å². The summed E-state index contributed by atoms with van der Waals surface area (Å²) in [6.07, 6.45) is 2.56. The molecule has 1 rings (SSSR count). The number of hydrogen-bond donors (Lipinski definition) is 1. The lowest BCUT2D eigenvalue weighted by Crippen LogP contribution is -2.04. The van der Waals surface area contributed by atoms with Gasteiger partial charge in [0.25, 0.3) is 0 Å². The second-order valence-corrected chi connectivity index (χ2v) is 3.99. The minimum Gasteiger partial charge on any atom is -0.493 e. The van der Waals surface area contributed by atoms with Crippen LogP contribution in [-0.4, -0.2) is 38.5 Å². The second-order valence-electron chi connectivity index (χ2n) is 3.99. The van der Waals surface area contributed by atoms with Gasteiger partial charge in [-0.15, -0.1) is 0 Å². The highest BCUT2D eigenvalue weighted by atomic mass is 16.5. The molecule has 0 aliphatic heterocycles. The van der Waals surface area contributed by atoms with Gasteiger partial charge in [0.05, 0.1) is 26.4 Å². The third-order valence-corrected chi connectivity index (χ3v) is 2.64. The predicted octanol–water partition coefficient (Wildman–Crippen LogP) is 2.02. The Labute approximate surface area is 113 Å². The number of aliphatic hydroxyl groups excluding tert-OH is 1. The number of esters is 1. The van der Waals surface area contributed by atoms with Crippen molar-refractivity contribution in [2.45, 2.75) is 19.3 Å². The van der Waals surface area contributed by atoms with Crippen molar-refractivity contribution in [3.8, 4) is 11.5 Å². The summed E-state index contributed by atoms with van der Waals surface area (Å²) in [6.45, 7) is 0.755. The highest BCUT2D eigenvalue weighted by molar-refractivity contribution is 5.90. The fourth-order valence-corrected chi connectivity index (χ4v) is 1.60. The molecule has 1 aromatic carbocycles. The summed E-state index contributed by atoms with van der Waals surface area (Å²) in [5.74, 6) is 0.692. The van der Waals surface area contributed by atoms with Crippen LogP contribution in [0.25, 0.3) is 0 Å². The number of unbranched alkanes of at least 4 members (excludes halogenated alkanes) is 2. The molecule has 0 saturated carbocycles. The molecule has 0 spiro atoms. The molecule has 0 saturated heterocycles. The van der Waals surface area contributed by atoms with Crippen molar-refractivity contribution in [2.75, 3.05) is 27.4 Å². The summed E-state index contributed by atoms with van der Waals surface area (Å²) in [7, 11) is 2.86. The number of hydrogen-bond acceptors (Lipinski definition) is 5. The van der Waals surface area contributed by atoms with Crippen LogP contribution in [0, 0.1) is 0 Å². The fraction of sp³-hybridized carbons (Fsp3) is 0.500. The largest absolute Gasteiger partial charge is 0.493 e. The zero-order valence-electron chi connectivity index (χ0n) is 11.3. The summed E-state index contributed by atoms with van der Waals surface area (Å²) in [5, 5.41) is 8.67. The molecule has 0 atom stereocenters. The summed E-state index contributed by atoms with van der Waals surface area (Å²) in [5.41, 5.74) is 0.423. The van der Waals surface area contributed by atoms with Crippen LogP contribution in [0.3, 0.4) is 0 Å². The van der Waals surface area contributed by atoms with Crippen molar-refractivity contribution in [1.82, 2.24) is 0 Å². The van der Waals surface area contributed by atoms with E-state index in [0.717, 1.165) is 19.3 Å². The van der Waals surface area contributed by atoms with Gasteiger partial charge in [-0.05, 0) is 37.5 Å². The van der Waals surface area contributed by atoms with Gasteiger partial charge in [-0.2, -0.15) is 0 Å². The molecule has 1 N–H and O–H groups in total. The Balaban J connectivity index is 2.60. The van der Waals surface area contributed by atoms with Crippen LogP contribution in [0.1, 0.15) is 29.6 Å². The van der Waals surface area contributed by atoms with E-state index in [1.165, 1.54) is 14.2 Å². The summed E-state index contributed by atoms with van der Waals surface area (Å²) < 4.78 is 15.4. The molecule has 0 aliphatic rings. The molecule has 0 aromatic heterocycles. The highest BCUT2D eigenvalue weighted by Crippen LogP contribution is 2.28. The first-order valence-electron chi connectivity index (χ1n) is 6.23. The van der Waals surface area contributed by atoms with Crippen molar-refractivity contribution >= 4 is 5.97 Å². The maximum Gasteiger partial charge on any atom is 0.337 e. The van der Waals surface area contributed by atoms with E-state index < -0.39 is 5.97 Å². The van der Waals surface area contributed by atoms with E-state index in [9.17, 15) is 4.79 Å². The van der Waals surface area contributed by atoms with E-state index in [0.29, 0.717) is 23.7 Å². The standard InChI is InChI=1S/C14H20O5/c1-17-13-10-11(14(16)18-2)6-7-12(13)19-9-5-3-4-8-15/h6-7,10,15H,3-5,8-9H2,1-2H3. The smallest absolute Gasteiger partial charge is 0.337 e. The molecule has 0 bridgehead atoms. The first-order valence-corrected chi connectivity index (χ1v) is 6.23. The monoisotopic (exact) mass is 268 g/mol. The minimum atomic E-state index is -0.409. The fourth-order valence-electron chi connectivity index (χ4n) is 1.60. The van der Waals surface area contributed by atoms with Gasteiger partial charge in [0.1, 0.15) is 0 Å². The predicted molar refractivity (Wildman–Crippen MR) is 70.8 cm³/mol. The van der Waals surface area contributed by atoms with Crippen LogP contribution in [0.4, 0.5) is 0 Å². The third-order valence-electron chi connectivity index (χ3n) is 2.64. The maximum absolute atomic E-state index is 11.4. The average molecular weight is 268 g/mol. The normalized spacial score (nSPS) is 10.1. The van der Waals surface area contributed by atoms with Gasteiger partial charge in [0, 0.05) is 6.61 Å². The Morgan fingerprint density at radius 3 is 2.58 bits per heavy atom. The van der Waals surface area contributed by atoms with E-state index in [-0.39, 0.29) is 6.61 Å². The zero-order valence-corrected chi connectivity index (χ0v) is 11.3. The quantitative estimate of drug-likeness (QED) is 0.577. The van der Waals surface area contributed by atoms with E-state index in [1.54, 1.807) is 18.2 Å². The molecule has 1 aromatic rings. The Morgan fingerprint density at radius 2 is 1.95 bits per heavy atom. The van der Waals surface area contributed by atoms with Crippen LogP contribution in [-0.2, 0) is 4.74 Å². The lowest BCUT2D eigenvalue weighted by Gasteiger charge is -2.11. The van der Waals surface area contributed by atoms with Gasteiger partial charge in [0.2, 0.25) is 0 Å². The first kappa shape index (κ1) is 15.3. The van der Waals surface area contributed by atoms with E-state index in [1.807, 2.05) is 0 Å². The summed E-state index contributed by atoms with van der Waals surface area (Å²) in [6, 6.07) is 4.92. The Kier molecular flexibility index (Phi) is 6.74. The molecule has 19 heavy (non-hydrogen) atoms. The van der Waals surface area contributed by atoms with Crippen molar-refractivity contribution in [1.29, 1.82) is 0 Å². The molecule has 5 nitrogen and oxygen atoms in total. The number of methoxy groups -OCH3 is 2. The molecular formula is C14H20O5. The second kappa shape index (κ2) is 8.37. The number of carbonyl (C=O) groups excluding carboxylic acids is 1. The Morgan fingerprint density at radius 1 is 1.16 bits per heavy atom. The van der Waals surface area contributed by atoms with Gasteiger partial charge in [-0.3, -0.25) is 0 Å². The number of aliphatic hydroxyl groups is 1. The molecule has 5 heteroatoms. The molecule has 0 unspecified atom stereocenters. The Hall–Kier alpha value is -1.75. The molecule has 0 amide bonds. The third kappa shape index (κ3) is 4.79. The van der Waals surface area contributed by atoms with E-state index >= 15 is 0 Å². The van der Waals surface area contributed by atoms with Gasteiger partial charge in [-0.25, -0.2) is 4.79 Å². The molecule has 0 fully saturated rings. The zero-order chi connectivity index (χ0) is 14.1. The molecule has 0 aliphatic carbocycles. The molecule has 0 radical (unpaired) electrons. The summed E-state index contributed by atoms with van der Waals surface area (Å²) in [4.78, 5) is 11.4. The van der Waals surface area contributed by atoms with Crippen LogP contribution in [0.5, 0.6) is 11.5 Å². The number of carbonyl (C=O) groups is 1. The van der Waals surface area contributed by atoms with Crippen molar-refractivity contribution in [3.63, 3.8) is 0 Å². The van der Waals surface area contributed by atoms with Gasteiger partial charge in [-0.1, -0.05) is 0 Å². The van der Waals surface area contributed by atoms with E-state index in [2.05, 4.69) is 4.74 Å². The molecular weight excluding hydrogens is 248 g/mol. The van der Waals surface area contributed by atoms with Crippen LogP contribution in [0.15, 0.2) is 18.2 Å². The number of ether oxygens (including phenoxy) is 3. The average Bonchev–Trinajstić information content (AvgIpc) is 2.46. The van der Waals surface area contributed by atoms with Gasteiger partial charge < -0.3 is 19.3 Å².